The summed E-state index contributed by atoms with van der Waals surface area (Å²) in [5.74, 6) is -0.247. The van der Waals surface area contributed by atoms with Crippen molar-refractivity contribution in [2.75, 3.05) is 0 Å². The number of hydrogen-bond donors (Lipinski definition) is 2. The lowest BCUT2D eigenvalue weighted by molar-refractivity contribution is -0.118. The minimum absolute atomic E-state index is 0.0174. The maximum absolute atomic E-state index is 10.6. The van der Waals surface area contributed by atoms with Crippen LogP contribution in [-0.2, 0) is 4.79 Å². The Balaban J connectivity index is 2.80. The predicted octanol–water partition coefficient (Wildman–Crippen LogP) is -0.196. The molecular formula is C6H7ClO3. The highest BCUT2D eigenvalue weighted by molar-refractivity contribution is 6.32. The van der Waals surface area contributed by atoms with E-state index < -0.39 is 12.2 Å². The standard InChI is InChI=1S/C6H7ClO3/c7-4-1-3(8)2-5(9)6(4)10/h1,5-6,9-10H,2H2/t5-,6+/m1/s1. The minimum Gasteiger partial charge on any atom is -0.390 e. The lowest BCUT2D eigenvalue weighted by atomic mass is 10.0. The molecule has 1 rings (SSSR count). The Morgan fingerprint density at radius 1 is 1.60 bits per heavy atom. The Hall–Kier alpha value is -0.380. The van der Waals surface area contributed by atoms with Crippen LogP contribution in [0.5, 0.6) is 0 Å². The van der Waals surface area contributed by atoms with E-state index in [0.29, 0.717) is 0 Å². The highest BCUT2D eigenvalue weighted by atomic mass is 35.5. The summed E-state index contributed by atoms with van der Waals surface area (Å²) in [4.78, 5) is 10.6. The molecule has 0 unspecified atom stereocenters. The van der Waals surface area contributed by atoms with Gasteiger partial charge in [0.15, 0.2) is 5.78 Å². The Morgan fingerprint density at radius 2 is 2.20 bits per heavy atom. The quantitative estimate of drug-likeness (QED) is 0.519. The molecule has 0 radical (unpaired) electrons. The molecule has 0 aromatic rings. The molecule has 1 aliphatic rings. The Kier molecular flexibility index (Phi) is 2.08. The van der Waals surface area contributed by atoms with E-state index in [1.54, 1.807) is 0 Å². The summed E-state index contributed by atoms with van der Waals surface area (Å²) in [5.41, 5.74) is 0. The molecule has 2 atom stereocenters. The van der Waals surface area contributed by atoms with Crippen LogP contribution in [0.2, 0.25) is 0 Å². The van der Waals surface area contributed by atoms with Gasteiger partial charge in [-0.15, -0.1) is 0 Å². The molecule has 56 valence electrons. The molecule has 0 saturated carbocycles. The highest BCUT2D eigenvalue weighted by Crippen LogP contribution is 2.19. The summed E-state index contributed by atoms with van der Waals surface area (Å²) >= 11 is 5.39. The fourth-order valence-corrected chi connectivity index (χ4v) is 1.07. The number of carbonyl (C=O) groups is 1. The molecule has 10 heavy (non-hydrogen) atoms. The lowest BCUT2D eigenvalue weighted by Crippen LogP contribution is -2.32. The second kappa shape index (κ2) is 2.70. The molecule has 0 bridgehead atoms. The summed E-state index contributed by atoms with van der Waals surface area (Å²) < 4.78 is 0. The molecule has 0 fully saturated rings. The van der Waals surface area contributed by atoms with Crippen molar-refractivity contribution in [1.82, 2.24) is 0 Å². The van der Waals surface area contributed by atoms with Crippen LogP contribution in [0.4, 0.5) is 0 Å². The normalized spacial score (nSPS) is 33.9. The molecule has 4 heteroatoms. The lowest BCUT2D eigenvalue weighted by Gasteiger charge is -2.19. The number of ketones is 1. The van der Waals surface area contributed by atoms with Crippen LogP contribution in [0.15, 0.2) is 11.1 Å². The van der Waals surface area contributed by atoms with Crippen molar-refractivity contribution < 1.29 is 15.0 Å². The highest BCUT2D eigenvalue weighted by Gasteiger charge is 2.26. The number of hydrogen-bond acceptors (Lipinski definition) is 3. The number of allylic oxidation sites excluding steroid dienone is 1. The Morgan fingerprint density at radius 3 is 2.70 bits per heavy atom. The first kappa shape index (κ1) is 7.72. The van der Waals surface area contributed by atoms with Crippen molar-refractivity contribution in [2.24, 2.45) is 0 Å². The molecule has 0 saturated heterocycles. The smallest absolute Gasteiger partial charge is 0.159 e. The average Bonchev–Trinajstić information content (AvgIpc) is 1.82. The third-order valence-electron chi connectivity index (χ3n) is 1.36. The number of halogens is 1. The van der Waals surface area contributed by atoms with Crippen molar-refractivity contribution >= 4 is 17.4 Å². The molecule has 0 spiro atoms. The molecule has 0 amide bonds. The topological polar surface area (TPSA) is 57.5 Å². The number of aliphatic hydroxyl groups is 2. The van der Waals surface area contributed by atoms with Gasteiger partial charge in [0.25, 0.3) is 0 Å². The number of aliphatic hydroxyl groups excluding tert-OH is 2. The summed E-state index contributed by atoms with van der Waals surface area (Å²) in [6.07, 6.45) is -1.03. The van der Waals surface area contributed by atoms with Gasteiger partial charge in [-0.1, -0.05) is 11.6 Å². The van der Waals surface area contributed by atoms with Crippen molar-refractivity contribution in [3.05, 3.63) is 11.1 Å². The zero-order chi connectivity index (χ0) is 7.72. The average molecular weight is 163 g/mol. The molecule has 0 heterocycles. The van der Waals surface area contributed by atoms with Crippen molar-refractivity contribution in [3.8, 4) is 0 Å². The van der Waals surface area contributed by atoms with Gasteiger partial charge in [0.1, 0.15) is 6.10 Å². The number of carbonyl (C=O) groups excluding carboxylic acids is 1. The van der Waals surface area contributed by atoms with Crippen LogP contribution in [0.1, 0.15) is 6.42 Å². The van der Waals surface area contributed by atoms with Gasteiger partial charge in [-0.25, -0.2) is 0 Å². The second-order valence-corrected chi connectivity index (χ2v) is 2.65. The maximum atomic E-state index is 10.6. The monoisotopic (exact) mass is 162 g/mol. The molecule has 0 aromatic heterocycles. The van der Waals surface area contributed by atoms with E-state index in [4.69, 9.17) is 21.8 Å². The zero-order valence-electron chi connectivity index (χ0n) is 5.12. The summed E-state index contributed by atoms with van der Waals surface area (Å²) in [5, 5.41) is 17.9. The zero-order valence-corrected chi connectivity index (χ0v) is 5.88. The SMILES string of the molecule is O=C1C=C(Cl)[C@H](O)[C@H](O)C1. The van der Waals surface area contributed by atoms with E-state index in [0.717, 1.165) is 6.08 Å². The van der Waals surface area contributed by atoms with Gasteiger partial charge in [-0.05, 0) is 6.08 Å². The summed E-state index contributed by atoms with van der Waals surface area (Å²) in [6.45, 7) is 0. The minimum atomic E-state index is -1.08. The van der Waals surface area contributed by atoms with Gasteiger partial charge in [0, 0.05) is 6.42 Å². The van der Waals surface area contributed by atoms with Gasteiger partial charge in [0.05, 0.1) is 11.1 Å². The van der Waals surface area contributed by atoms with Gasteiger partial charge in [-0.2, -0.15) is 0 Å². The molecule has 3 nitrogen and oxygen atoms in total. The fourth-order valence-electron chi connectivity index (χ4n) is 0.800. The molecule has 0 aromatic carbocycles. The van der Waals surface area contributed by atoms with Gasteiger partial charge in [0.2, 0.25) is 0 Å². The van der Waals surface area contributed by atoms with E-state index in [1.165, 1.54) is 0 Å². The molecule has 2 N–H and O–H groups in total. The first-order valence-electron chi connectivity index (χ1n) is 2.87. The first-order valence-corrected chi connectivity index (χ1v) is 3.25. The van der Waals surface area contributed by atoms with E-state index in [-0.39, 0.29) is 17.2 Å². The predicted molar refractivity (Wildman–Crippen MR) is 35.6 cm³/mol. The number of rotatable bonds is 0. The second-order valence-electron chi connectivity index (χ2n) is 2.21. The van der Waals surface area contributed by atoms with Crippen molar-refractivity contribution in [2.45, 2.75) is 18.6 Å². The van der Waals surface area contributed by atoms with Crippen LogP contribution in [0.3, 0.4) is 0 Å². The third-order valence-corrected chi connectivity index (χ3v) is 1.69. The van der Waals surface area contributed by atoms with Gasteiger partial charge >= 0.3 is 0 Å². The van der Waals surface area contributed by atoms with Gasteiger partial charge < -0.3 is 10.2 Å². The van der Waals surface area contributed by atoms with Crippen LogP contribution in [0.25, 0.3) is 0 Å². The van der Waals surface area contributed by atoms with Crippen molar-refractivity contribution in [1.29, 1.82) is 0 Å². The third kappa shape index (κ3) is 1.37. The molecule has 0 aliphatic heterocycles. The molecular weight excluding hydrogens is 156 g/mol. The van der Waals surface area contributed by atoms with Crippen molar-refractivity contribution in [3.63, 3.8) is 0 Å². The Bertz CT molecular complexity index is 187. The summed E-state index contributed by atoms with van der Waals surface area (Å²) in [6, 6.07) is 0. The van der Waals surface area contributed by atoms with E-state index in [2.05, 4.69) is 0 Å². The van der Waals surface area contributed by atoms with E-state index >= 15 is 0 Å². The Labute approximate surface area is 62.9 Å². The van der Waals surface area contributed by atoms with Crippen LogP contribution in [-0.4, -0.2) is 28.2 Å². The first-order chi connectivity index (χ1) is 4.61. The van der Waals surface area contributed by atoms with E-state index in [1.807, 2.05) is 0 Å². The maximum Gasteiger partial charge on any atom is 0.159 e. The van der Waals surface area contributed by atoms with Crippen LogP contribution < -0.4 is 0 Å². The largest absolute Gasteiger partial charge is 0.390 e. The van der Waals surface area contributed by atoms with Gasteiger partial charge in [-0.3, -0.25) is 4.79 Å². The molecule has 1 aliphatic carbocycles. The summed E-state index contributed by atoms with van der Waals surface area (Å²) in [7, 11) is 0. The van der Waals surface area contributed by atoms with E-state index in [9.17, 15) is 4.79 Å². The van der Waals surface area contributed by atoms with Crippen LogP contribution in [0, 0.1) is 0 Å². The van der Waals surface area contributed by atoms with Crippen LogP contribution >= 0.6 is 11.6 Å². The fraction of sp³-hybridized carbons (Fsp3) is 0.500.